The Morgan fingerprint density at radius 3 is 3.06 bits per heavy atom. The average molecular weight is 263 g/mol. The van der Waals surface area contributed by atoms with Gasteiger partial charge in [-0.2, -0.15) is 5.26 Å². The fraction of sp³-hybridized carbons (Fsp3) is 0.0909. The van der Waals surface area contributed by atoms with E-state index in [1.807, 2.05) is 0 Å². The minimum atomic E-state index is -0.673. The number of azo groups is 1. The van der Waals surface area contributed by atoms with E-state index < -0.39 is 5.91 Å². The van der Waals surface area contributed by atoms with Crippen LogP contribution >= 0.6 is 11.6 Å². The van der Waals surface area contributed by atoms with E-state index >= 15 is 0 Å². The average Bonchev–Trinajstić information content (AvgIpc) is 2.62. The fourth-order valence-corrected chi connectivity index (χ4v) is 1.62. The van der Waals surface area contributed by atoms with Crippen molar-refractivity contribution in [3.05, 3.63) is 23.2 Å². The van der Waals surface area contributed by atoms with Gasteiger partial charge < -0.3 is 10.1 Å². The first kappa shape index (κ1) is 12.1. The van der Waals surface area contributed by atoms with E-state index in [0.29, 0.717) is 15.9 Å². The van der Waals surface area contributed by atoms with Crippen molar-refractivity contribution in [1.29, 1.82) is 5.26 Å². The monoisotopic (exact) mass is 262 g/mol. The SMILES string of the molecule is N#CCC(=O)N=Nc1c(O)[nH]c2ccc(Cl)cc12. The van der Waals surface area contributed by atoms with Crippen molar-refractivity contribution < 1.29 is 9.90 Å². The lowest BCUT2D eigenvalue weighted by molar-refractivity contribution is -0.117. The van der Waals surface area contributed by atoms with Crippen LogP contribution in [-0.4, -0.2) is 16.0 Å². The van der Waals surface area contributed by atoms with Gasteiger partial charge in [0.1, 0.15) is 6.42 Å². The van der Waals surface area contributed by atoms with Gasteiger partial charge in [-0.05, 0) is 18.2 Å². The van der Waals surface area contributed by atoms with Crippen LogP contribution in [0.2, 0.25) is 5.02 Å². The molecule has 18 heavy (non-hydrogen) atoms. The Morgan fingerprint density at radius 2 is 2.33 bits per heavy atom. The van der Waals surface area contributed by atoms with Gasteiger partial charge in [0, 0.05) is 10.4 Å². The first-order valence-corrected chi connectivity index (χ1v) is 5.31. The van der Waals surface area contributed by atoms with Gasteiger partial charge in [-0.1, -0.05) is 11.6 Å². The third kappa shape index (κ3) is 2.31. The molecule has 90 valence electrons. The summed E-state index contributed by atoms with van der Waals surface area (Å²) in [4.78, 5) is 13.7. The van der Waals surface area contributed by atoms with E-state index in [1.54, 1.807) is 24.3 Å². The summed E-state index contributed by atoms with van der Waals surface area (Å²) >= 11 is 5.83. The number of aromatic hydroxyl groups is 1. The summed E-state index contributed by atoms with van der Waals surface area (Å²) in [6, 6.07) is 6.59. The quantitative estimate of drug-likeness (QED) is 0.813. The molecule has 2 aromatic rings. The molecule has 0 fully saturated rings. The standard InChI is InChI=1S/C11H7ClN4O2/c12-6-1-2-8-7(5-6)10(11(18)14-8)16-15-9(17)3-4-13/h1-2,5,14,18H,3H2. The molecule has 0 bridgehead atoms. The fourth-order valence-electron chi connectivity index (χ4n) is 1.45. The molecule has 0 saturated carbocycles. The number of H-pyrrole nitrogens is 1. The minimum absolute atomic E-state index is 0.124. The Morgan fingerprint density at radius 1 is 1.56 bits per heavy atom. The van der Waals surface area contributed by atoms with Crippen LogP contribution in [0.5, 0.6) is 5.88 Å². The second kappa shape index (κ2) is 4.85. The number of carbonyl (C=O) groups excluding carboxylic acids is 1. The van der Waals surface area contributed by atoms with Crippen molar-refractivity contribution in [1.82, 2.24) is 4.98 Å². The van der Waals surface area contributed by atoms with Gasteiger partial charge in [-0.3, -0.25) is 4.79 Å². The van der Waals surface area contributed by atoms with Crippen LogP contribution in [-0.2, 0) is 4.79 Å². The summed E-state index contributed by atoms with van der Waals surface area (Å²) in [6.45, 7) is 0. The summed E-state index contributed by atoms with van der Waals surface area (Å²) in [7, 11) is 0. The normalized spacial score (nSPS) is 10.9. The van der Waals surface area contributed by atoms with Gasteiger partial charge >= 0.3 is 0 Å². The zero-order valence-corrected chi connectivity index (χ0v) is 9.77. The number of aromatic amines is 1. The molecule has 2 N–H and O–H groups in total. The molecule has 6 nitrogen and oxygen atoms in total. The van der Waals surface area contributed by atoms with E-state index in [2.05, 4.69) is 15.2 Å². The molecule has 0 aliphatic rings. The largest absolute Gasteiger partial charge is 0.493 e. The van der Waals surface area contributed by atoms with Crippen molar-refractivity contribution in [2.24, 2.45) is 10.2 Å². The maximum absolute atomic E-state index is 11.1. The highest BCUT2D eigenvalue weighted by molar-refractivity contribution is 6.31. The lowest BCUT2D eigenvalue weighted by Gasteiger charge is -1.92. The summed E-state index contributed by atoms with van der Waals surface area (Å²) < 4.78 is 0. The Labute approximate surface area is 107 Å². The first-order chi connectivity index (χ1) is 8.61. The Balaban J connectivity index is 2.44. The summed E-state index contributed by atoms with van der Waals surface area (Å²) in [5.41, 5.74) is 0.748. The van der Waals surface area contributed by atoms with Crippen molar-refractivity contribution in [3.63, 3.8) is 0 Å². The summed E-state index contributed by atoms with van der Waals surface area (Å²) in [6.07, 6.45) is -0.354. The van der Waals surface area contributed by atoms with Gasteiger partial charge in [0.15, 0.2) is 5.69 Å². The van der Waals surface area contributed by atoms with Crippen LogP contribution < -0.4 is 0 Å². The molecule has 0 aliphatic carbocycles. The van der Waals surface area contributed by atoms with Gasteiger partial charge in [0.2, 0.25) is 5.88 Å². The van der Waals surface area contributed by atoms with Crippen LogP contribution in [0.15, 0.2) is 28.4 Å². The van der Waals surface area contributed by atoms with Gasteiger partial charge in [-0.15, -0.1) is 10.2 Å². The zero-order valence-electron chi connectivity index (χ0n) is 9.01. The second-order valence-corrected chi connectivity index (χ2v) is 3.88. The third-order valence-corrected chi connectivity index (χ3v) is 2.44. The lowest BCUT2D eigenvalue weighted by Crippen LogP contribution is -1.87. The third-order valence-electron chi connectivity index (χ3n) is 2.21. The van der Waals surface area contributed by atoms with Crippen molar-refractivity contribution in [2.75, 3.05) is 0 Å². The number of fused-ring (bicyclic) bond motifs is 1. The number of hydrogen-bond donors (Lipinski definition) is 2. The maximum atomic E-state index is 11.1. The summed E-state index contributed by atoms with van der Waals surface area (Å²) in [5.74, 6) is -0.881. The molecule has 1 aromatic carbocycles. The molecular formula is C11H7ClN4O2. The van der Waals surface area contributed by atoms with E-state index in [4.69, 9.17) is 16.9 Å². The number of benzene rings is 1. The van der Waals surface area contributed by atoms with Crippen LogP contribution in [0.4, 0.5) is 5.69 Å². The maximum Gasteiger partial charge on any atom is 0.278 e. The number of aromatic nitrogens is 1. The van der Waals surface area contributed by atoms with E-state index in [9.17, 15) is 9.90 Å². The number of hydrogen-bond acceptors (Lipinski definition) is 4. The highest BCUT2D eigenvalue weighted by Gasteiger charge is 2.11. The van der Waals surface area contributed by atoms with Crippen LogP contribution in [0.3, 0.4) is 0 Å². The molecule has 2 rings (SSSR count). The second-order valence-electron chi connectivity index (χ2n) is 3.44. The molecule has 1 heterocycles. The Hall–Kier alpha value is -2.39. The minimum Gasteiger partial charge on any atom is -0.493 e. The molecular weight excluding hydrogens is 256 g/mol. The van der Waals surface area contributed by atoms with Crippen molar-refractivity contribution in [2.45, 2.75) is 6.42 Å². The molecule has 1 amide bonds. The van der Waals surface area contributed by atoms with Crippen LogP contribution in [0, 0.1) is 11.3 Å². The van der Waals surface area contributed by atoms with E-state index in [0.717, 1.165) is 0 Å². The van der Waals surface area contributed by atoms with E-state index in [-0.39, 0.29) is 18.0 Å². The van der Waals surface area contributed by atoms with Gasteiger partial charge in [0.05, 0.1) is 11.6 Å². The predicted octanol–water partition coefficient (Wildman–Crippen LogP) is 3.05. The van der Waals surface area contributed by atoms with Crippen molar-refractivity contribution in [3.8, 4) is 11.9 Å². The number of nitrogens with zero attached hydrogens (tertiary/aromatic N) is 3. The van der Waals surface area contributed by atoms with Crippen molar-refractivity contribution >= 4 is 34.1 Å². The molecule has 0 spiro atoms. The van der Waals surface area contributed by atoms with E-state index in [1.165, 1.54) is 0 Å². The molecule has 0 radical (unpaired) electrons. The lowest BCUT2D eigenvalue weighted by atomic mass is 10.2. The zero-order chi connectivity index (χ0) is 13.1. The van der Waals surface area contributed by atoms with Crippen LogP contribution in [0.1, 0.15) is 6.42 Å². The number of nitriles is 1. The highest BCUT2D eigenvalue weighted by atomic mass is 35.5. The Kier molecular flexibility index (Phi) is 3.26. The Bertz CT molecular complexity index is 684. The molecule has 0 saturated heterocycles. The number of rotatable bonds is 2. The smallest absolute Gasteiger partial charge is 0.278 e. The highest BCUT2D eigenvalue weighted by Crippen LogP contribution is 2.36. The molecule has 0 unspecified atom stereocenters. The van der Waals surface area contributed by atoms with Gasteiger partial charge in [-0.25, -0.2) is 0 Å². The number of carbonyl (C=O) groups is 1. The first-order valence-electron chi connectivity index (χ1n) is 4.93. The molecule has 0 atom stereocenters. The van der Waals surface area contributed by atoms with Crippen LogP contribution in [0.25, 0.3) is 10.9 Å². The topological polar surface area (TPSA) is 102 Å². The molecule has 0 aliphatic heterocycles. The number of nitrogens with one attached hydrogen (secondary N) is 1. The predicted molar refractivity (Wildman–Crippen MR) is 64.7 cm³/mol. The number of amides is 1. The molecule has 1 aromatic heterocycles. The van der Waals surface area contributed by atoms with Gasteiger partial charge in [0.25, 0.3) is 5.91 Å². The number of halogens is 1. The summed E-state index contributed by atoms with van der Waals surface area (Å²) in [5, 5.41) is 25.9. The molecule has 7 heteroatoms.